The van der Waals surface area contributed by atoms with Crippen LogP contribution in [0.1, 0.15) is 0 Å². The van der Waals surface area contributed by atoms with Crippen LogP contribution in [-0.2, 0) is 0 Å². The summed E-state index contributed by atoms with van der Waals surface area (Å²) in [4.78, 5) is 0. The Kier molecular flexibility index (Phi) is 4.13. The van der Waals surface area contributed by atoms with Gasteiger partial charge in [-0.2, -0.15) is 0 Å². The predicted octanol–water partition coefficient (Wildman–Crippen LogP) is -2.29. The molecule has 0 aliphatic carbocycles. The normalized spacial score (nSPS) is 19.6. The van der Waals surface area contributed by atoms with Crippen molar-refractivity contribution in [3.8, 4) is 0 Å². The first-order valence-corrected chi connectivity index (χ1v) is 2.79. The second-order valence-corrected chi connectivity index (χ2v) is 1.90. The molecule has 0 radical (unpaired) electrons. The van der Waals surface area contributed by atoms with Gasteiger partial charge in [0.2, 0.25) is 0 Å². The van der Waals surface area contributed by atoms with Gasteiger partial charge in [0.1, 0.15) is 18.3 Å². The molecular formula is C5H11NO4. The number of nitrogens with one attached hydrogen (secondary N) is 1. The van der Waals surface area contributed by atoms with Gasteiger partial charge in [-0.15, -0.1) is 0 Å². The maximum atomic E-state index is 8.77. The maximum Gasteiger partial charge on any atom is 0.117 e. The highest BCUT2D eigenvalue weighted by molar-refractivity contribution is 5.59. The molecule has 0 saturated heterocycles. The standard InChI is InChI=1S/C5H11NO4/c6-1-3(8)5(10)4(9)2-7/h1,3-10H,2H2/t3-,4-,5+/m1/s1. The quantitative estimate of drug-likeness (QED) is 0.290. The molecule has 0 fully saturated rings. The van der Waals surface area contributed by atoms with Crippen LogP contribution >= 0.6 is 0 Å². The molecule has 5 N–H and O–H groups in total. The summed E-state index contributed by atoms with van der Waals surface area (Å²) in [5.41, 5.74) is 0. The summed E-state index contributed by atoms with van der Waals surface area (Å²) >= 11 is 0. The van der Waals surface area contributed by atoms with Gasteiger partial charge < -0.3 is 25.8 Å². The second kappa shape index (κ2) is 4.35. The van der Waals surface area contributed by atoms with Crippen molar-refractivity contribution in [2.45, 2.75) is 18.3 Å². The van der Waals surface area contributed by atoms with Crippen LogP contribution in [0, 0.1) is 5.41 Å². The molecule has 0 heterocycles. The lowest BCUT2D eigenvalue weighted by Gasteiger charge is -2.17. The van der Waals surface area contributed by atoms with E-state index < -0.39 is 24.9 Å². The molecule has 5 heteroatoms. The second-order valence-electron chi connectivity index (χ2n) is 1.90. The maximum absolute atomic E-state index is 8.77. The molecule has 0 aromatic rings. The van der Waals surface area contributed by atoms with Crippen LogP contribution < -0.4 is 0 Å². The molecule has 3 atom stereocenters. The molecule has 0 saturated carbocycles. The summed E-state index contributed by atoms with van der Waals surface area (Å²) in [7, 11) is 0. The number of rotatable bonds is 4. The van der Waals surface area contributed by atoms with E-state index in [0.717, 1.165) is 0 Å². The first-order chi connectivity index (χ1) is 4.63. The zero-order valence-electron chi connectivity index (χ0n) is 5.31. The minimum absolute atomic E-state index is 0.587. The number of hydrogen-bond acceptors (Lipinski definition) is 5. The van der Waals surface area contributed by atoms with Crippen molar-refractivity contribution < 1.29 is 20.4 Å². The Morgan fingerprint density at radius 2 is 1.80 bits per heavy atom. The van der Waals surface area contributed by atoms with Gasteiger partial charge in [-0.25, -0.2) is 0 Å². The molecule has 0 rings (SSSR count). The summed E-state index contributed by atoms with van der Waals surface area (Å²) < 4.78 is 0. The van der Waals surface area contributed by atoms with Crippen LogP contribution in [0.25, 0.3) is 0 Å². The van der Waals surface area contributed by atoms with E-state index >= 15 is 0 Å². The van der Waals surface area contributed by atoms with Gasteiger partial charge in [0, 0.05) is 6.21 Å². The van der Waals surface area contributed by atoms with Crippen LogP contribution in [0.2, 0.25) is 0 Å². The lowest BCUT2D eigenvalue weighted by molar-refractivity contribution is -0.0542. The monoisotopic (exact) mass is 149 g/mol. The van der Waals surface area contributed by atoms with E-state index in [-0.39, 0.29) is 0 Å². The van der Waals surface area contributed by atoms with E-state index in [1.807, 2.05) is 0 Å². The minimum Gasteiger partial charge on any atom is -0.394 e. The van der Waals surface area contributed by atoms with Gasteiger partial charge in [0.15, 0.2) is 0 Å². The third kappa shape index (κ3) is 2.40. The Hall–Kier alpha value is -0.490. The summed E-state index contributed by atoms with van der Waals surface area (Å²) in [6.45, 7) is -0.633. The van der Waals surface area contributed by atoms with Crippen molar-refractivity contribution in [2.75, 3.05) is 6.61 Å². The van der Waals surface area contributed by atoms with Crippen LogP contribution in [0.5, 0.6) is 0 Å². The molecule has 5 nitrogen and oxygen atoms in total. The Morgan fingerprint density at radius 1 is 1.30 bits per heavy atom. The topological polar surface area (TPSA) is 105 Å². The minimum atomic E-state index is -1.48. The van der Waals surface area contributed by atoms with Gasteiger partial charge in [-0.05, 0) is 0 Å². The lowest BCUT2D eigenvalue weighted by atomic mass is 10.1. The first-order valence-electron chi connectivity index (χ1n) is 2.79. The highest BCUT2D eigenvalue weighted by atomic mass is 16.4. The molecule has 10 heavy (non-hydrogen) atoms. The van der Waals surface area contributed by atoms with Crippen LogP contribution in [0.3, 0.4) is 0 Å². The van der Waals surface area contributed by atoms with Gasteiger partial charge >= 0.3 is 0 Å². The number of aliphatic hydroxyl groups excluding tert-OH is 4. The summed E-state index contributed by atoms with van der Waals surface area (Å²) in [6, 6.07) is 0. The van der Waals surface area contributed by atoms with Crippen molar-refractivity contribution >= 4 is 6.21 Å². The van der Waals surface area contributed by atoms with E-state index in [1.165, 1.54) is 0 Å². The van der Waals surface area contributed by atoms with Gasteiger partial charge in [0.25, 0.3) is 0 Å². The highest BCUT2D eigenvalue weighted by Crippen LogP contribution is 1.96. The molecule has 0 spiro atoms. The highest BCUT2D eigenvalue weighted by Gasteiger charge is 2.21. The van der Waals surface area contributed by atoms with Crippen molar-refractivity contribution in [3.63, 3.8) is 0 Å². The van der Waals surface area contributed by atoms with E-state index in [0.29, 0.717) is 6.21 Å². The van der Waals surface area contributed by atoms with Gasteiger partial charge in [0.05, 0.1) is 6.61 Å². The molecular weight excluding hydrogens is 138 g/mol. The fraction of sp³-hybridized carbons (Fsp3) is 0.800. The SMILES string of the molecule is N=C[C@@H](O)[C@H](O)[C@H](O)CO. The van der Waals surface area contributed by atoms with Crippen LogP contribution in [-0.4, -0.2) is 51.6 Å². The van der Waals surface area contributed by atoms with E-state index in [4.69, 9.17) is 25.8 Å². The Morgan fingerprint density at radius 3 is 2.10 bits per heavy atom. The average Bonchev–Trinajstić information content (AvgIpc) is 2.00. The zero-order valence-corrected chi connectivity index (χ0v) is 5.31. The molecule has 0 unspecified atom stereocenters. The summed E-state index contributed by atoms with van der Waals surface area (Å²) in [5.74, 6) is 0. The van der Waals surface area contributed by atoms with Crippen LogP contribution in [0.15, 0.2) is 0 Å². The molecule has 0 aliphatic rings. The van der Waals surface area contributed by atoms with E-state index in [9.17, 15) is 0 Å². The van der Waals surface area contributed by atoms with Crippen molar-refractivity contribution in [2.24, 2.45) is 0 Å². The largest absolute Gasteiger partial charge is 0.394 e. The molecule has 0 bridgehead atoms. The van der Waals surface area contributed by atoms with Crippen molar-refractivity contribution in [1.82, 2.24) is 0 Å². The number of hydrogen-bond donors (Lipinski definition) is 5. The fourth-order valence-corrected chi connectivity index (χ4v) is 0.434. The van der Waals surface area contributed by atoms with Crippen LogP contribution in [0.4, 0.5) is 0 Å². The van der Waals surface area contributed by atoms with E-state index in [1.54, 1.807) is 0 Å². The molecule has 0 aliphatic heterocycles. The molecule has 0 amide bonds. The van der Waals surface area contributed by atoms with E-state index in [2.05, 4.69) is 0 Å². The fourth-order valence-electron chi connectivity index (χ4n) is 0.434. The van der Waals surface area contributed by atoms with Gasteiger partial charge in [-0.3, -0.25) is 0 Å². The predicted molar refractivity (Wildman–Crippen MR) is 33.9 cm³/mol. The summed E-state index contributed by atoms with van der Waals surface area (Å²) in [5, 5.41) is 40.8. The third-order valence-corrected chi connectivity index (χ3v) is 1.10. The third-order valence-electron chi connectivity index (χ3n) is 1.10. The average molecular weight is 149 g/mol. The first kappa shape index (κ1) is 9.51. The number of aliphatic hydroxyl groups is 4. The zero-order chi connectivity index (χ0) is 8.15. The Balaban J connectivity index is 3.80. The Labute approximate surface area is 58.1 Å². The smallest absolute Gasteiger partial charge is 0.117 e. The lowest BCUT2D eigenvalue weighted by Crippen LogP contribution is -2.40. The molecule has 60 valence electrons. The van der Waals surface area contributed by atoms with Crippen molar-refractivity contribution in [3.05, 3.63) is 0 Å². The summed E-state index contributed by atoms with van der Waals surface area (Å²) in [6.07, 6.45) is -3.70. The van der Waals surface area contributed by atoms with Gasteiger partial charge in [-0.1, -0.05) is 0 Å². The molecule has 0 aromatic carbocycles. The molecule has 0 aromatic heterocycles. The Bertz CT molecular complexity index is 108. The van der Waals surface area contributed by atoms with Crippen molar-refractivity contribution in [1.29, 1.82) is 5.41 Å².